The van der Waals surface area contributed by atoms with Crippen LogP contribution in [0.15, 0.2) is 48.5 Å². The van der Waals surface area contributed by atoms with Crippen LogP contribution in [-0.2, 0) is 20.9 Å². The number of carbonyl (C=O) groups is 2. The van der Waals surface area contributed by atoms with E-state index in [4.69, 9.17) is 14.2 Å². The van der Waals surface area contributed by atoms with Crippen LogP contribution in [0.3, 0.4) is 0 Å². The lowest BCUT2D eigenvalue weighted by Gasteiger charge is -2.15. The summed E-state index contributed by atoms with van der Waals surface area (Å²) in [4.78, 5) is 21.6. The van der Waals surface area contributed by atoms with Gasteiger partial charge in [0.15, 0.2) is 0 Å². The largest absolute Gasteiger partial charge is 0.489 e. The van der Waals surface area contributed by atoms with Crippen molar-refractivity contribution in [2.45, 2.75) is 19.8 Å². The Morgan fingerprint density at radius 2 is 1.74 bits per heavy atom. The summed E-state index contributed by atoms with van der Waals surface area (Å²) >= 11 is 0. The molecule has 0 aromatic heterocycles. The molecule has 5 nitrogen and oxygen atoms in total. The maximum atomic E-state index is 11.0. The van der Waals surface area contributed by atoms with E-state index >= 15 is 0 Å². The van der Waals surface area contributed by atoms with E-state index in [2.05, 4.69) is 0 Å². The molecule has 1 atom stereocenters. The molecule has 0 aliphatic rings. The van der Waals surface area contributed by atoms with Crippen molar-refractivity contribution >= 4 is 12.3 Å². The zero-order valence-electron chi connectivity index (χ0n) is 13.0. The molecule has 2 aromatic rings. The summed E-state index contributed by atoms with van der Waals surface area (Å²) in [5.41, 5.74) is 2.32. The maximum absolute atomic E-state index is 11.0. The molecule has 23 heavy (non-hydrogen) atoms. The normalized spacial score (nSPS) is 11.6. The lowest BCUT2D eigenvalue weighted by atomic mass is 10.1. The van der Waals surface area contributed by atoms with Crippen molar-refractivity contribution in [3.8, 4) is 5.75 Å². The summed E-state index contributed by atoms with van der Waals surface area (Å²) in [7, 11) is 1.48. The Kier molecular flexibility index (Phi) is 5.88. The smallest absolute Gasteiger partial charge is 0.305 e. The summed E-state index contributed by atoms with van der Waals surface area (Å²) in [5.74, 6) is 0.289. The van der Waals surface area contributed by atoms with Crippen molar-refractivity contribution in [3.05, 3.63) is 65.2 Å². The van der Waals surface area contributed by atoms with Gasteiger partial charge in [0.05, 0.1) is 0 Å². The molecule has 0 amide bonds. The highest BCUT2D eigenvalue weighted by atomic mass is 16.7. The van der Waals surface area contributed by atoms with Gasteiger partial charge in [-0.25, -0.2) is 0 Å². The van der Waals surface area contributed by atoms with E-state index < -0.39 is 12.3 Å². The molecule has 0 bridgehead atoms. The fourth-order valence-electron chi connectivity index (χ4n) is 1.98. The first kappa shape index (κ1) is 16.7. The first-order valence-electron chi connectivity index (χ1n) is 7.09. The van der Waals surface area contributed by atoms with Gasteiger partial charge in [0.1, 0.15) is 18.6 Å². The number of rotatable bonds is 7. The van der Waals surface area contributed by atoms with Crippen molar-refractivity contribution in [2.24, 2.45) is 0 Å². The molecule has 2 rings (SSSR count). The van der Waals surface area contributed by atoms with Crippen molar-refractivity contribution in [2.75, 3.05) is 7.11 Å². The lowest BCUT2D eigenvalue weighted by Crippen LogP contribution is -2.10. The van der Waals surface area contributed by atoms with Crippen LogP contribution in [-0.4, -0.2) is 19.4 Å². The molecule has 0 saturated carbocycles. The number of benzene rings is 2. The SMILES string of the molecule is COC(OC(C)=O)c1ccc(COc2ccc(C=O)cc2)cc1. The third-order valence-electron chi connectivity index (χ3n) is 3.16. The summed E-state index contributed by atoms with van der Waals surface area (Å²) in [6, 6.07) is 14.3. The minimum atomic E-state index is -0.710. The van der Waals surface area contributed by atoms with Gasteiger partial charge >= 0.3 is 5.97 Å². The van der Waals surface area contributed by atoms with Gasteiger partial charge in [0.2, 0.25) is 6.29 Å². The first-order chi connectivity index (χ1) is 11.1. The number of hydrogen-bond donors (Lipinski definition) is 0. The molecule has 0 radical (unpaired) electrons. The van der Waals surface area contributed by atoms with Crippen molar-refractivity contribution in [1.82, 2.24) is 0 Å². The predicted molar refractivity (Wildman–Crippen MR) is 84.1 cm³/mol. The van der Waals surface area contributed by atoms with Gasteiger partial charge in [-0.3, -0.25) is 9.59 Å². The van der Waals surface area contributed by atoms with Gasteiger partial charge in [0.25, 0.3) is 0 Å². The quantitative estimate of drug-likeness (QED) is 0.446. The van der Waals surface area contributed by atoms with Gasteiger partial charge < -0.3 is 14.2 Å². The zero-order chi connectivity index (χ0) is 16.7. The molecule has 0 aliphatic carbocycles. The van der Waals surface area contributed by atoms with Crippen LogP contribution in [0.4, 0.5) is 0 Å². The molecular weight excluding hydrogens is 296 g/mol. The second-order valence-corrected chi connectivity index (χ2v) is 4.89. The van der Waals surface area contributed by atoms with Crippen LogP contribution in [0, 0.1) is 0 Å². The van der Waals surface area contributed by atoms with Crippen LogP contribution < -0.4 is 4.74 Å². The van der Waals surface area contributed by atoms with E-state index in [1.165, 1.54) is 14.0 Å². The number of esters is 1. The van der Waals surface area contributed by atoms with Crippen LogP contribution in [0.2, 0.25) is 0 Å². The molecule has 0 N–H and O–H groups in total. The Morgan fingerprint density at radius 1 is 1.09 bits per heavy atom. The van der Waals surface area contributed by atoms with Crippen molar-refractivity contribution < 1.29 is 23.8 Å². The molecule has 0 heterocycles. The highest BCUT2D eigenvalue weighted by molar-refractivity contribution is 5.74. The summed E-state index contributed by atoms with van der Waals surface area (Å²) in [5, 5.41) is 0. The number of carbonyl (C=O) groups excluding carboxylic acids is 2. The maximum Gasteiger partial charge on any atom is 0.305 e. The minimum absolute atomic E-state index is 0.395. The Morgan fingerprint density at radius 3 is 2.26 bits per heavy atom. The number of ether oxygens (including phenoxy) is 3. The third-order valence-corrected chi connectivity index (χ3v) is 3.16. The van der Waals surface area contributed by atoms with Crippen LogP contribution in [0.25, 0.3) is 0 Å². The second kappa shape index (κ2) is 8.10. The van der Waals surface area contributed by atoms with Crippen LogP contribution >= 0.6 is 0 Å². The Bertz CT molecular complexity index is 646. The molecule has 120 valence electrons. The average Bonchev–Trinajstić information content (AvgIpc) is 2.58. The van der Waals surface area contributed by atoms with Crippen molar-refractivity contribution in [1.29, 1.82) is 0 Å². The molecule has 2 aromatic carbocycles. The topological polar surface area (TPSA) is 61.8 Å². The number of aldehydes is 1. The van der Waals surface area contributed by atoms with E-state index in [-0.39, 0.29) is 0 Å². The molecule has 5 heteroatoms. The fourth-order valence-corrected chi connectivity index (χ4v) is 1.98. The molecule has 0 fully saturated rings. The molecule has 0 aliphatic heterocycles. The van der Waals surface area contributed by atoms with E-state index in [1.54, 1.807) is 24.3 Å². The molecule has 0 saturated heterocycles. The second-order valence-electron chi connectivity index (χ2n) is 4.89. The van der Waals surface area contributed by atoms with Crippen LogP contribution in [0.5, 0.6) is 5.75 Å². The van der Waals surface area contributed by atoms with Gasteiger partial charge in [0, 0.05) is 25.2 Å². The number of hydrogen-bond acceptors (Lipinski definition) is 5. The van der Waals surface area contributed by atoms with E-state index in [0.717, 1.165) is 17.4 Å². The van der Waals surface area contributed by atoms with E-state index in [0.29, 0.717) is 17.9 Å². The minimum Gasteiger partial charge on any atom is -0.489 e. The van der Waals surface area contributed by atoms with Gasteiger partial charge in [-0.2, -0.15) is 0 Å². The summed E-state index contributed by atoms with van der Waals surface area (Å²) < 4.78 is 15.8. The lowest BCUT2D eigenvalue weighted by molar-refractivity contribution is -0.172. The number of methoxy groups -OCH3 is 1. The Labute approximate surface area is 134 Å². The highest BCUT2D eigenvalue weighted by Crippen LogP contribution is 2.20. The van der Waals surface area contributed by atoms with Gasteiger partial charge in [-0.05, 0) is 29.8 Å². The van der Waals surface area contributed by atoms with E-state index in [1.807, 2.05) is 24.3 Å². The monoisotopic (exact) mass is 314 g/mol. The molecule has 0 spiro atoms. The Hall–Kier alpha value is -2.66. The highest BCUT2D eigenvalue weighted by Gasteiger charge is 2.13. The van der Waals surface area contributed by atoms with Gasteiger partial charge in [-0.1, -0.05) is 24.3 Å². The fraction of sp³-hybridized carbons (Fsp3) is 0.222. The Balaban J connectivity index is 1.96. The van der Waals surface area contributed by atoms with Crippen LogP contribution in [0.1, 0.15) is 34.7 Å². The van der Waals surface area contributed by atoms with E-state index in [9.17, 15) is 9.59 Å². The van der Waals surface area contributed by atoms with Crippen molar-refractivity contribution in [3.63, 3.8) is 0 Å². The first-order valence-corrected chi connectivity index (χ1v) is 7.09. The predicted octanol–water partition coefficient (Wildman–Crippen LogP) is 3.29. The summed E-state index contributed by atoms with van der Waals surface area (Å²) in [6.07, 6.45) is 0.0797. The molecule has 1 unspecified atom stereocenters. The summed E-state index contributed by atoms with van der Waals surface area (Å²) in [6.45, 7) is 1.73. The molecular formula is C18H18O5. The third kappa shape index (κ3) is 4.93. The standard InChI is InChI=1S/C18H18O5/c1-13(20)23-18(21-2)16-7-3-15(4-8-16)12-22-17-9-5-14(11-19)6-10-17/h3-11,18H,12H2,1-2H3. The average molecular weight is 314 g/mol. The zero-order valence-corrected chi connectivity index (χ0v) is 13.0. The van der Waals surface area contributed by atoms with Gasteiger partial charge in [-0.15, -0.1) is 0 Å².